The molecule has 1 amide bonds. The van der Waals surface area contributed by atoms with Crippen molar-refractivity contribution in [3.8, 4) is 39.5 Å². The number of nitrogens with one attached hydrogen (secondary N) is 1. The molecule has 2 aliphatic heterocycles. The van der Waals surface area contributed by atoms with Crippen LogP contribution in [0.5, 0.6) is 17.2 Å². The second-order valence-corrected chi connectivity index (χ2v) is 10.2. The number of nitrogens with zero attached hydrogens (tertiary/aromatic N) is 1. The van der Waals surface area contributed by atoms with Crippen LogP contribution in [0.15, 0.2) is 54.6 Å². The number of hydrogen-bond acceptors (Lipinski definition) is 7. The van der Waals surface area contributed by atoms with Crippen LogP contribution in [0.4, 0.5) is 0 Å². The van der Waals surface area contributed by atoms with Crippen LogP contribution >= 0.6 is 11.6 Å². The van der Waals surface area contributed by atoms with Crippen LogP contribution in [0.2, 0.25) is 5.02 Å². The van der Waals surface area contributed by atoms with Gasteiger partial charge in [0.25, 0.3) is 0 Å². The highest BCUT2D eigenvalue weighted by Gasteiger charge is 2.30. The molecule has 1 unspecified atom stereocenters. The molecule has 0 spiro atoms. The summed E-state index contributed by atoms with van der Waals surface area (Å²) in [5.74, 6) is 1.89. The lowest BCUT2D eigenvalue weighted by Gasteiger charge is -2.20. The van der Waals surface area contributed by atoms with Crippen molar-refractivity contribution in [1.82, 2.24) is 10.2 Å². The number of likely N-dealkylation sites (tertiary alicyclic amines) is 1. The average Bonchev–Trinajstić information content (AvgIpc) is 3.44. The Morgan fingerprint density at radius 1 is 1.05 bits per heavy atom. The molecule has 2 heterocycles. The summed E-state index contributed by atoms with van der Waals surface area (Å²) in [6.45, 7) is 2.51. The zero-order chi connectivity index (χ0) is 27.4. The van der Waals surface area contributed by atoms with Crippen LogP contribution in [-0.2, 0) is 11.3 Å². The number of ether oxygens (including phenoxy) is 3. The van der Waals surface area contributed by atoms with E-state index in [0.717, 1.165) is 58.0 Å². The second kappa shape index (κ2) is 12.3. The molecule has 0 saturated carbocycles. The molecule has 1 saturated heterocycles. The number of amides is 1. The molecular formula is C30H33ClN2O6. The van der Waals surface area contributed by atoms with Gasteiger partial charge in [0.1, 0.15) is 19.0 Å². The summed E-state index contributed by atoms with van der Waals surface area (Å²) in [6.07, 6.45) is 0.720. The Labute approximate surface area is 233 Å². The molecule has 0 aliphatic carbocycles. The van der Waals surface area contributed by atoms with E-state index < -0.39 is 6.04 Å². The number of halogens is 1. The minimum atomic E-state index is -0.626. The Balaban J connectivity index is 1.32. The Morgan fingerprint density at radius 2 is 1.74 bits per heavy atom. The van der Waals surface area contributed by atoms with E-state index in [0.29, 0.717) is 31.3 Å². The first-order chi connectivity index (χ1) is 19.0. The van der Waals surface area contributed by atoms with Crippen LogP contribution in [0.1, 0.15) is 12.0 Å². The number of aliphatic hydroxyl groups excluding tert-OH is 2. The first-order valence-corrected chi connectivity index (χ1v) is 13.5. The summed E-state index contributed by atoms with van der Waals surface area (Å²) in [4.78, 5) is 14.7. The summed E-state index contributed by atoms with van der Waals surface area (Å²) < 4.78 is 17.2. The van der Waals surface area contributed by atoms with Crippen molar-refractivity contribution in [1.29, 1.82) is 0 Å². The molecule has 0 aromatic heterocycles. The molecule has 3 aromatic rings. The molecule has 3 N–H and O–H groups in total. The van der Waals surface area contributed by atoms with Crippen molar-refractivity contribution < 1.29 is 29.2 Å². The molecule has 1 fully saturated rings. The van der Waals surface area contributed by atoms with Gasteiger partial charge in [-0.05, 0) is 42.3 Å². The Morgan fingerprint density at radius 3 is 2.46 bits per heavy atom. The van der Waals surface area contributed by atoms with E-state index in [9.17, 15) is 15.0 Å². The third-order valence-electron chi connectivity index (χ3n) is 7.27. The summed E-state index contributed by atoms with van der Waals surface area (Å²) >= 11 is 6.95. The van der Waals surface area contributed by atoms with Gasteiger partial charge < -0.3 is 29.7 Å². The number of hydrogen-bond donors (Lipinski definition) is 3. The minimum Gasteiger partial charge on any atom is -0.496 e. The standard InChI is InChI=1S/C30H33ClN2O6/c1-37-27-13-19(5-6-21(27)15-33-10-9-22(16-33)30(36)32-23(17-34)18-35)24-3-2-4-25(29(24)31)20-7-8-26-28(14-20)39-12-11-38-26/h2-8,13-14,22-23,34-35H,9-12,15-18H2,1H3,(H,32,36). The molecule has 9 heteroatoms. The molecule has 0 bridgehead atoms. The van der Waals surface area contributed by atoms with E-state index in [2.05, 4.69) is 10.2 Å². The predicted molar refractivity (Wildman–Crippen MR) is 149 cm³/mol. The van der Waals surface area contributed by atoms with Gasteiger partial charge in [-0.3, -0.25) is 9.69 Å². The van der Waals surface area contributed by atoms with E-state index in [4.69, 9.17) is 25.8 Å². The average molecular weight is 553 g/mol. The Bertz CT molecular complexity index is 1330. The number of methoxy groups -OCH3 is 1. The Kier molecular flexibility index (Phi) is 8.57. The van der Waals surface area contributed by atoms with Gasteiger partial charge in [-0.1, -0.05) is 48.0 Å². The molecule has 8 nitrogen and oxygen atoms in total. The van der Waals surface area contributed by atoms with Gasteiger partial charge in [0.2, 0.25) is 5.91 Å². The number of carbonyl (C=O) groups excluding carboxylic acids is 1. The van der Waals surface area contributed by atoms with Gasteiger partial charge in [-0.2, -0.15) is 0 Å². The zero-order valence-corrected chi connectivity index (χ0v) is 22.6. The predicted octanol–water partition coefficient (Wildman–Crippen LogP) is 3.75. The SMILES string of the molecule is COc1cc(-c2cccc(-c3ccc4c(c3)OCCO4)c2Cl)ccc1CN1CCC(C(=O)NC(CO)CO)C1. The van der Waals surface area contributed by atoms with Gasteiger partial charge in [0.15, 0.2) is 11.5 Å². The molecule has 3 aromatic carbocycles. The lowest BCUT2D eigenvalue weighted by Crippen LogP contribution is -2.43. The largest absolute Gasteiger partial charge is 0.496 e. The maximum absolute atomic E-state index is 12.5. The summed E-state index contributed by atoms with van der Waals surface area (Å²) in [5, 5.41) is 21.8. The first-order valence-electron chi connectivity index (χ1n) is 13.1. The van der Waals surface area contributed by atoms with E-state index >= 15 is 0 Å². The van der Waals surface area contributed by atoms with Crippen molar-refractivity contribution >= 4 is 17.5 Å². The number of benzene rings is 3. The van der Waals surface area contributed by atoms with Crippen molar-refractivity contribution in [3.63, 3.8) is 0 Å². The summed E-state index contributed by atoms with van der Waals surface area (Å²) in [7, 11) is 1.65. The fourth-order valence-electron chi connectivity index (χ4n) is 5.13. The second-order valence-electron chi connectivity index (χ2n) is 9.84. The van der Waals surface area contributed by atoms with Crippen LogP contribution in [0, 0.1) is 5.92 Å². The van der Waals surface area contributed by atoms with Gasteiger partial charge in [-0.15, -0.1) is 0 Å². The maximum Gasteiger partial charge on any atom is 0.224 e. The van der Waals surface area contributed by atoms with Crippen molar-refractivity contribution in [2.24, 2.45) is 5.92 Å². The molecule has 2 aliphatic rings. The van der Waals surface area contributed by atoms with E-state index in [1.54, 1.807) is 7.11 Å². The van der Waals surface area contributed by atoms with Crippen LogP contribution in [-0.4, -0.2) is 73.7 Å². The van der Waals surface area contributed by atoms with Crippen molar-refractivity contribution in [2.75, 3.05) is 46.6 Å². The van der Waals surface area contributed by atoms with Crippen LogP contribution in [0.3, 0.4) is 0 Å². The quantitative estimate of drug-likeness (QED) is 0.372. The van der Waals surface area contributed by atoms with Gasteiger partial charge in [-0.25, -0.2) is 0 Å². The fraction of sp³-hybridized carbons (Fsp3) is 0.367. The van der Waals surface area contributed by atoms with Gasteiger partial charge in [0, 0.05) is 29.8 Å². The summed E-state index contributed by atoms with van der Waals surface area (Å²) in [6, 6.07) is 17.3. The minimum absolute atomic E-state index is 0.138. The lowest BCUT2D eigenvalue weighted by atomic mass is 9.97. The normalized spacial score (nSPS) is 16.9. The van der Waals surface area contributed by atoms with E-state index in [-0.39, 0.29) is 25.0 Å². The monoisotopic (exact) mass is 552 g/mol. The highest BCUT2D eigenvalue weighted by Crippen LogP contribution is 2.41. The molecule has 206 valence electrons. The number of aliphatic hydroxyl groups is 2. The van der Waals surface area contributed by atoms with Crippen LogP contribution < -0.4 is 19.5 Å². The van der Waals surface area contributed by atoms with E-state index in [1.165, 1.54) is 0 Å². The molecule has 0 radical (unpaired) electrons. The summed E-state index contributed by atoms with van der Waals surface area (Å²) in [5.41, 5.74) is 4.71. The van der Waals surface area contributed by atoms with Crippen molar-refractivity contribution in [2.45, 2.75) is 19.0 Å². The topological polar surface area (TPSA) is 100 Å². The van der Waals surface area contributed by atoms with E-state index in [1.807, 2.05) is 54.6 Å². The molecular weight excluding hydrogens is 520 g/mol. The maximum atomic E-state index is 12.5. The van der Waals surface area contributed by atoms with Gasteiger partial charge >= 0.3 is 0 Å². The molecule has 1 atom stereocenters. The third kappa shape index (κ3) is 5.99. The lowest BCUT2D eigenvalue weighted by molar-refractivity contribution is -0.126. The first kappa shape index (κ1) is 27.3. The van der Waals surface area contributed by atoms with Crippen LogP contribution in [0.25, 0.3) is 22.3 Å². The highest BCUT2D eigenvalue weighted by atomic mass is 35.5. The number of carbonyl (C=O) groups is 1. The number of rotatable bonds is 9. The highest BCUT2D eigenvalue weighted by molar-refractivity contribution is 6.36. The van der Waals surface area contributed by atoms with Crippen molar-refractivity contribution in [3.05, 3.63) is 65.2 Å². The zero-order valence-electron chi connectivity index (χ0n) is 21.9. The molecule has 5 rings (SSSR count). The molecule has 39 heavy (non-hydrogen) atoms. The van der Waals surface area contributed by atoms with Gasteiger partial charge in [0.05, 0.1) is 37.3 Å². The fourth-order valence-corrected chi connectivity index (χ4v) is 5.47. The number of fused-ring (bicyclic) bond motifs is 1. The Hall–Kier alpha value is -3.30. The third-order valence-corrected chi connectivity index (χ3v) is 7.68. The smallest absolute Gasteiger partial charge is 0.224 e.